The highest BCUT2D eigenvalue weighted by Gasteiger charge is 2.30. The summed E-state index contributed by atoms with van der Waals surface area (Å²) < 4.78 is 4.93. The zero-order valence-electron chi connectivity index (χ0n) is 8.18. The van der Waals surface area contributed by atoms with Gasteiger partial charge in [-0.3, -0.25) is 9.69 Å². The number of hydrogen-bond donors (Lipinski definition) is 0. The number of rotatable bonds is 2. The molecule has 1 aromatic rings. The van der Waals surface area contributed by atoms with Crippen LogP contribution in [0.15, 0.2) is 12.4 Å². The largest absolute Gasteiger partial charge is 0.494 e. The van der Waals surface area contributed by atoms with Crippen LogP contribution < -0.4 is 9.64 Å². The zero-order chi connectivity index (χ0) is 10.8. The van der Waals surface area contributed by atoms with Gasteiger partial charge in [-0.25, -0.2) is 9.97 Å². The minimum atomic E-state index is -0.150. The predicted octanol–water partition coefficient (Wildman–Crippen LogP) is 0.829. The molecular formula is C9H10ClN3O2. The number of halogens is 1. The molecule has 0 saturated carbocycles. The highest BCUT2D eigenvalue weighted by molar-refractivity contribution is 6.24. The Labute approximate surface area is 92.0 Å². The molecule has 1 unspecified atom stereocenters. The maximum atomic E-state index is 11.5. The first-order valence-corrected chi connectivity index (χ1v) is 4.95. The van der Waals surface area contributed by atoms with Gasteiger partial charge in [0, 0.05) is 13.0 Å². The minimum Gasteiger partial charge on any atom is -0.494 e. The van der Waals surface area contributed by atoms with Crippen LogP contribution in [-0.2, 0) is 4.79 Å². The quantitative estimate of drug-likeness (QED) is 0.703. The normalized spacial score (nSPS) is 20.8. The maximum Gasteiger partial charge on any atom is 0.232 e. The van der Waals surface area contributed by atoms with Crippen LogP contribution in [-0.4, -0.2) is 34.9 Å². The molecule has 1 aliphatic rings. The van der Waals surface area contributed by atoms with Crippen molar-refractivity contribution < 1.29 is 9.53 Å². The summed E-state index contributed by atoms with van der Waals surface area (Å²) in [4.78, 5) is 21.0. The number of ether oxygens (including phenoxy) is 1. The number of anilines is 1. The molecule has 5 nitrogen and oxygen atoms in total. The van der Waals surface area contributed by atoms with Crippen LogP contribution in [0.4, 0.5) is 5.95 Å². The summed E-state index contributed by atoms with van der Waals surface area (Å²) in [6.07, 6.45) is 3.39. The van der Waals surface area contributed by atoms with E-state index in [4.69, 9.17) is 16.3 Å². The van der Waals surface area contributed by atoms with Gasteiger partial charge in [0.25, 0.3) is 0 Å². The molecule has 1 atom stereocenters. The van der Waals surface area contributed by atoms with Gasteiger partial charge in [0.2, 0.25) is 11.9 Å². The number of carbonyl (C=O) groups is 1. The van der Waals surface area contributed by atoms with Crippen LogP contribution in [0.25, 0.3) is 0 Å². The maximum absolute atomic E-state index is 11.5. The number of aromatic nitrogens is 2. The van der Waals surface area contributed by atoms with E-state index in [9.17, 15) is 4.79 Å². The van der Waals surface area contributed by atoms with Crippen molar-refractivity contribution in [2.45, 2.75) is 11.8 Å². The van der Waals surface area contributed by atoms with E-state index in [0.717, 1.165) is 0 Å². The molecule has 0 aromatic carbocycles. The van der Waals surface area contributed by atoms with Crippen LogP contribution in [0.3, 0.4) is 0 Å². The van der Waals surface area contributed by atoms with Crippen molar-refractivity contribution in [1.29, 1.82) is 0 Å². The molecule has 2 rings (SSSR count). The Balaban J connectivity index is 2.19. The second-order valence-electron chi connectivity index (χ2n) is 3.23. The Morgan fingerprint density at radius 2 is 2.20 bits per heavy atom. The fourth-order valence-electron chi connectivity index (χ4n) is 1.41. The summed E-state index contributed by atoms with van der Waals surface area (Å²) in [5.74, 6) is 0.900. The van der Waals surface area contributed by atoms with Crippen molar-refractivity contribution in [2.75, 3.05) is 18.6 Å². The molecule has 1 fully saturated rings. The smallest absolute Gasteiger partial charge is 0.232 e. The minimum absolute atomic E-state index is 0.0415. The van der Waals surface area contributed by atoms with Gasteiger partial charge in [0.15, 0.2) is 5.75 Å². The van der Waals surface area contributed by atoms with E-state index >= 15 is 0 Å². The van der Waals surface area contributed by atoms with Gasteiger partial charge in [-0.05, 0) is 0 Å². The van der Waals surface area contributed by atoms with Crippen LogP contribution >= 0.6 is 11.6 Å². The lowest BCUT2D eigenvalue weighted by Crippen LogP contribution is -2.26. The van der Waals surface area contributed by atoms with Gasteiger partial charge >= 0.3 is 0 Å². The number of alkyl halides is 1. The summed E-state index contributed by atoms with van der Waals surface area (Å²) in [7, 11) is 1.54. The third kappa shape index (κ3) is 2.02. The van der Waals surface area contributed by atoms with Crippen LogP contribution in [0.1, 0.15) is 6.42 Å². The lowest BCUT2D eigenvalue weighted by molar-refractivity contribution is -0.117. The number of nitrogens with zero attached hydrogens (tertiary/aromatic N) is 3. The summed E-state index contributed by atoms with van der Waals surface area (Å²) in [5, 5.41) is -0.150. The second-order valence-corrected chi connectivity index (χ2v) is 3.85. The van der Waals surface area contributed by atoms with Crippen molar-refractivity contribution in [3.63, 3.8) is 0 Å². The second kappa shape index (κ2) is 4.02. The van der Waals surface area contributed by atoms with Crippen molar-refractivity contribution in [2.24, 2.45) is 0 Å². The number of methoxy groups -OCH3 is 1. The van der Waals surface area contributed by atoms with Gasteiger partial charge < -0.3 is 4.74 Å². The Morgan fingerprint density at radius 3 is 2.67 bits per heavy atom. The third-order valence-electron chi connectivity index (χ3n) is 2.17. The van der Waals surface area contributed by atoms with E-state index in [2.05, 4.69) is 9.97 Å². The van der Waals surface area contributed by atoms with Gasteiger partial charge in [0.1, 0.15) is 0 Å². The van der Waals surface area contributed by atoms with E-state index < -0.39 is 0 Å². The van der Waals surface area contributed by atoms with Gasteiger partial charge in [0.05, 0.1) is 24.9 Å². The van der Waals surface area contributed by atoms with Crippen molar-refractivity contribution >= 4 is 23.5 Å². The topological polar surface area (TPSA) is 55.3 Å². The standard InChI is InChI=1S/C9H10ClN3O2/c1-15-7-3-11-9(12-4-7)13-5-6(10)2-8(13)14/h3-4,6H,2,5H2,1H3. The number of amides is 1. The molecule has 1 amide bonds. The van der Waals surface area contributed by atoms with E-state index in [1.54, 1.807) is 0 Å². The van der Waals surface area contributed by atoms with Gasteiger partial charge in [-0.1, -0.05) is 0 Å². The average Bonchev–Trinajstić information content (AvgIpc) is 2.58. The first kappa shape index (κ1) is 10.2. The van der Waals surface area contributed by atoms with Crippen LogP contribution in [0.2, 0.25) is 0 Å². The van der Waals surface area contributed by atoms with E-state index in [0.29, 0.717) is 24.7 Å². The van der Waals surface area contributed by atoms with Crippen LogP contribution in [0.5, 0.6) is 5.75 Å². The molecule has 0 radical (unpaired) electrons. The van der Waals surface area contributed by atoms with Gasteiger partial charge in [-0.15, -0.1) is 11.6 Å². The molecule has 0 N–H and O–H groups in total. The molecule has 15 heavy (non-hydrogen) atoms. The highest BCUT2D eigenvalue weighted by atomic mass is 35.5. The Bertz CT molecular complexity index is 368. The molecule has 0 aliphatic carbocycles. The van der Waals surface area contributed by atoms with E-state index in [-0.39, 0.29) is 11.3 Å². The van der Waals surface area contributed by atoms with Crippen molar-refractivity contribution in [3.8, 4) is 5.75 Å². The SMILES string of the molecule is COc1cnc(N2CC(Cl)CC2=O)nc1. The predicted molar refractivity (Wildman–Crippen MR) is 55.2 cm³/mol. The van der Waals surface area contributed by atoms with Crippen molar-refractivity contribution in [1.82, 2.24) is 9.97 Å². The Hall–Kier alpha value is -1.36. The fourth-order valence-corrected chi connectivity index (χ4v) is 1.68. The Kier molecular flexibility index (Phi) is 2.73. The Morgan fingerprint density at radius 1 is 1.53 bits per heavy atom. The fraction of sp³-hybridized carbons (Fsp3) is 0.444. The molecule has 1 aliphatic heterocycles. The molecule has 2 heterocycles. The van der Waals surface area contributed by atoms with Gasteiger partial charge in [-0.2, -0.15) is 0 Å². The van der Waals surface area contributed by atoms with E-state index in [1.807, 2.05) is 0 Å². The third-order valence-corrected chi connectivity index (χ3v) is 2.46. The molecule has 1 saturated heterocycles. The summed E-state index contributed by atoms with van der Waals surface area (Å²) >= 11 is 5.87. The molecule has 1 aromatic heterocycles. The average molecular weight is 228 g/mol. The molecule has 6 heteroatoms. The monoisotopic (exact) mass is 227 g/mol. The molecule has 80 valence electrons. The number of carbonyl (C=O) groups excluding carboxylic acids is 1. The van der Waals surface area contributed by atoms with Crippen LogP contribution in [0, 0.1) is 0 Å². The first-order valence-electron chi connectivity index (χ1n) is 4.51. The summed E-state index contributed by atoms with van der Waals surface area (Å²) in [6.45, 7) is 0.465. The molecule has 0 bridgehead atoms. The molecule has 0 spiro atoms. The van der Waals surface area contributed by atoms with Crippen molar-refractivity contribution in [3.05, 3.63) is 12.4 Å². The lowest BCUT2D eigenvalue weighted by atomic mass is 10.4. The zero-order valence-corrected chi connectivity index (χ0v) is 8.94. The summed E-state index contributed by atoms with van der Waals surface area (Å²) in [6, 6.07) is 0. The lowest BCUT2D eigenvalue weighted by Gasteiger charge is -2.12. The highest BCUT2D eigenvalue weighted by Crippen LogP contribution is 2.21. The number of hydrogen-bond acceptors (Lipinski definition) is 4. The summed E-state index contributed by atoms with van der Waals surface area (Å²) in [5.41, 5.74) is 0. The molecular weight excluding hydrogens is 218 g/mol. The first-order chi connectivity index (χ1) is 7.20. The van der Waals surface area contributed by atoms with E-state index in [1.165, 1.54) is 24.4 Å².